The zero-order valence-corrected chi connectivity index (χ0v) is 10.7. The minimum atomic E-state index is 0.0922. The Hall–Kier alpha value is -2.09. The molecule has 92 valence electrons. The standard InChI is InChI=1S/C16H17NO/c1-12-6-3-4-7-15(12)11-17-16-9-5-8-14(10-16)13(2)18/h3-10,17H,11H2,1-2H3. The van der Waals surface area contributed by atoms with Crippen molar-refractivity contribution in [2.45, 2.75) is 20.4 Å². The summed E-state index contributed by atoms with van der Waals surface area (Å²) in [5, 5.41) is 3.34. The summed E-state index contributed by atoms with van der Waals surface area (Å²) < 4.78 is 0. The van der Waals surface area contributed by atoms with Gasteiger partial charge in [-0.3, -0.25) is 4.79 Å². The molecule has 18 heavy (non-hydrogen) atoms. The fourth-order valence-corrected chi connectivity index (χ4v) is 1.85. The molecule has 2 rings (SSSR count). The number of hydrogen-bond donors (Lipinski definition) is 1. The number of aryl methyl sites for hydroxylation is 1. The van der Waals surface area contributed by atoms with Gasteiger partial charge in [0.25, 0.3) is 0 Å². The second-order valence-corrected chi connectivity index (χ2v) is 4.42. The smallest absolute Gasteiger partial charge is 0.159 e. The first-order valence-electron chi connectivity index (χ1n) is 6.06. The number of Topliss-reactive ketones (excluding diaryl/α,β-unsaturated/α-hetero) is 1. The van der Waals surface area contributed by atoms with E-state index in [1.54, 1.807) is 6.92 Å². The maximum Gasteiger partial charge on any atom is 0.159 e. The van der Waals surface area contributed by atoms with Crippen LogP contribution in [-0.2, 0) is 6.54 Å². The van der Waals surface area contributed by atoms with Gasteiger partial charge in [0.05, 0.1) is 0 Å². The molecule has 0 aliphatic carbocycles. The quantitative estimate of drug-likeness (QED) is 0.822. The molecule has 2 aromatic carbocycles. The van der Waals surface area contributed by atoms with Crippen molar-refractivity contribution in [3.05, 3.63) is 65.2 Å². The molecule has 0 heterocycles. The highest BCUT2D eigenvalue weighted by Crippen LogP contribution is 2.14. The Labute approximate surface area is 108 Å². The molecule has 0 unspecified atom stereocenters. The van der Waals surface area contributed by atoms with E-state index in [0.29, 0.717) is 0 Å². The minimum Gasteiger partial charge on any atom is -0.381 e. The zero-order chi connectivity index (χ0) is 13.0. The molecule has 0 aliphatic heterocycles. The van der Waals surface area contributed by atoms with Crippen molar-refractivity contribution < 1.29 is 4.79 Å². The second kappa shape index (κ2) is 5.50. The van der Waals surface area contributed by atoms with E-state index < -0.39 is 0 Å². The molecule has 2 heteroatoms. The van der Waals surface area contributed by atoms with Crippen molar-refractivity contribution in [3.63, 3.8) is 0 Å². The first-order valence-corrected chi connectivity index (χ1v) is 6.06. The van der Waals surface area contributed by atoms with Gasteiger partial charge in [0.1, 0.15) is 0 Å². The van der Waals surface area contributed by atoms with Crippen LogP contribution in [0.15, 0.2) is 48.5 Å². The van der Waals surface area contributed by atoms with Gasteiger partial charge in [0.2, 0.25) is 0 Å². The number of carbonyl (C=O) groups is 1. The first-order chi connectivity index (χ1) is 8.66. The molecule has 0 saturated carbocycles. The summed E-state index contributed by atoms with van der Waals surface area (Å²) in [6.07, 6.45) is 0. The SMILES string of the molecule is CC(=O)c1cccc(NCc2ccccc2C)c1. The Balaban J connectivity index is 2.09. The fraction of sp³-hybridized carbons (Fsp3) is 0.188. The van der Waals surface area contributed by atoms with Crippen LogP contribution in [0.4, 0.5) is 5.69 Å². The van der Waals surface area contributed by atoms with Crippen molar-refractivity contribution in [1.82, 2.24) is 0 Å². The van der Waals surface area contributed by atoms with Crippen LogP contribution in [0.25, 0.3) is 0 Å². The largest absolute Gasteiger partial charge is 0.381 e. The van der Waals surface area contributed by atoms with Crippen molar-refractivity contribution in [2.75, 3.05) is 5.32 Å². The van der Waals surface area contributed by atoms with Gasteiger partial charge in [-0.05, 0) is 37.1 Å². The van der Waals surface area contributed by atoms with Crippen LogP contribution >= 0.6 is 0 Å². The highest BCUT2D eigenvalue weighted by Gasteiger charge is 2.01. The molecule has 0 aromatic heterocycles. The van der Waals surface area contributed by atoms with Crippen LogP contribution in [0.2, 0.25) is 0 Å². The summed E-state index contributed by atoms with van der Waals surface area (Å²) in [4.78, 5) is 11.3. The fourth-order valence-electron chi connectivity index (χ4n) is 1.85. The summed E-state index contributed by atoms with van der Waals surface area (Å²) >= 11 is 0. The third kappa shape index (κ3) is 2.98. The van der Waals surface area contributed by atoms with Gasteiger partial charge in [0.15, 0.2) is 5.78 Å². The monoisotopic (exact) mass is 239 g/mol. The summed E-state index contributed by atoms with van der Waals surface area (Å²) in [5.74, 6) is 0.0922. The highest BCUT2D eigenvalue weighted by atomic mass is 16.1. The Kier molecular flexibility index (Phi) is 3.78. The maximum absolute atomic E-state index is 11.3. The van der Waals surface area contributed by atoms with E-state index in [-0.39, 0.29) is 5.78 Å². The molecule has 0 atom stereocenters. The van der Waals surface area contributed by atoms with E-state index in [4.69, 9.17) is 0 Å². The maximum atomic E-state index is 11.3. The number of carbonyl (C=O) groups excluding carboxylic acids is 1. The van der Waals surface area contributed by atoms with Gasteiger partial charge in [-0.2, -0.15) is 0 Å². The number of hydrogen-bond acceptors (Lipinski definition) is 2. The van der Waals surface area contributed by atoms with Gasteiger partial charge in [-0.25, -0.2) is 0 Å². The Bertz CT molecular complexity index is 561. The Morgan fingerprint density at radius 1 is 1.11 bits per heavy atom. The van der Waals surface area contributed by atoms with Gasteiger partial charge in [0, 0.05) is 17.8 Å². The number of benzene rings is 2. The molecule has 0 spiro atoms. The van der Waals surface area contributed by atoms with Gasteiger partial charge >= 0.3 is 0 Å². The van der Waals surface area contributed by atoms with Crippen LogP contribution in [0.1, 0.15) is 28.4 Å². The molecule has 0 amide bonds. The summed E-state index contributed by atoms with van der Waals surface area (Å²) in [6, 6.07) is 15.9. The van der Waals surface area contributed by atoms with Gasteiger partial charge < -0.3 is 5.32 Å². The van der Waals surface area contributed by atoms with Crippen LogP contribution in [0.5, 0.6) is 0 Å². The molecular formula is C16H17NO. The first kappa shape index (κ1) is 12.4. The van der Waals surface area contributed by atoms with Crippen molar-refractivity contribution in [1.29, 1.82) is 0 Å². The highest BCUT2D eigenvalue weighted by molar-refractivity contribution is 5.94. The van der Waals surface area contributed by atoms with Crippen molar-refractivity contribution in [3.8, 4) is 0 Å². The normalized spacial score (nSPS) is 10.1. The van der Waals surface area contributed by atoms with Gasteiger partial charge in [-0.15, -0.1) is 0 Å². The molecule has 2 nitrogen and oxygen atoms in total. The number of rotatable bonds is 4. The predicted molar refractivity (Wildman–Crippen MR) is 75.0 cm³/mol. The zero-order valence-electron chi connectivity index (χ0n) is 10.7. The van der Waals surface area contributed by atoms with Crippen LogP contribution in [-0.4, -0.2) is 5.78 Å². The average molecular weight is 239 g/mol. The Morgan fingerprint density at radius 2 is 1.89 bits per heavy atom. The Morgan fingerprint density at radius 3 is 2.61 bits per heavy atom. The lowest BCUT2D eigenvalue weighted by molar-refractivity contribution is 0.101. The van der Waals surface area contributed by atoms with E-state index in [2.05, 4.69) is 24.4 Å². The average Bonchev–Trinajstić information content (AvgIpc) is 2.38. The predicted octanol–water partition coefficient (Wildman–Crippen LogP) is 3.81. The van der Waals surface area contributed by atoms with E-state index in [1.165, 1.54) is 11.1 Å². The second-order valence-electron chi connectivity index (χ2n) is 4.42. The third-order valence-corrected chi connectivity index (χ3v) is 3.01. The molecule has 0 radical (unpaired) electrons. The van der Waals surface area contributed by atoms with E-state index >= 15 is 0 Å². The van der Waals surface area contributed by atoms with Crippen LogP contribution < -0.4 is 5.32 Å². The lowest BCUT2D eigenvalue weighted by Gasteiger charge is -2.09. The summed E-state index contributed by atoms with van der Waals surface area (Å²) in [7, 11) is 0. The molecule has 0 aliphatic rings. The topological polar surface area (TPSA) is 29.1 Å². The van der Waals surface area contributed by atoms with E-state index in [1.807, 2.05) is 36.4 Å². The molecule has 0 bridgehead atoms. The lowest BCUT2D eigenvalue weighted by atomic mass is 10.1. The van der Waals surface area contributed by atoms with E-state index in [0.717, 1.165) is 17.8 Å². The molecular weight excluding hydrogens is 222 g/mol. The molecule has 0 saturated heterocycles. The molecule has 0 fully saturated rings. The minimum absolute atomic E-state index is 0.0922. The number of ketones is 1. The summed E-state index contributed by atoms with van der Waals surface area (Å²) in [6.45, 7) is 4.46. The van der Waals surface area contributed by atoms with Crippen LogP contribution in [0, 0.1) is 6.92 Å². The lowest BCUT2D eigenvalue weighted by Crippen LogP contribution is -2.02. The van der Waals surface area contributed by atoms with Crippen LogP contribution in [0.3, 0.4) is 0 Å². The van der Waals surface area contributed by atoms with Crippen molar-refractivity contribution >= 4 is 11.5 Å². The molecule has 2 aromatic rings. The van der Waals surface area contributed by atoms with Gasteiger partial charge in [-0.1, -0.05) is 36.4 Å². The molecule has 1 N–H and O–H groups in total. The summed E-state index contributed by atoms with van der Waals surface area (Å²) in [5.41, 5.74) is 4.26. The van der Waals surface area contributed by atoms with Crippen molar-refractivity contribution in [2.24, 2.45) is 0 Å². The third-order valence-electron chi connectivity index (χ3n) is 3.01. The number of anilines is 1. The number of nitrogens with one attached hydrogen (secondary N) is 1. The van der Waals surface area contributed by atoms with E-state index in [9.17, 15) is 4.79 Å².